The van der Waals surface area contributed by atoms with E-state index in [4.69, 9.17) is 0 Å². The smallest absolute Gasteiger partial charge is 0.0903 e. The van der Waals surface area contributed by atoms with Crippen molar-refractivity contribution >= 4 is 6.34 Å². The Morgan fingerprint density at radius 2 is 2.14 bits per heavy atom. The summed E-state index contributed by atoms with van der Waals surface area (Å²) in [7, 11) is 2.20. The van der Waals surface area contributed by atoms with Crippen LogP contribution in [-0.4, -0.2) is 68.2 Å². The van der Waals surface area contributed by atoms with Crippen molar-refractivity contribution < 1.29 is 0 Å². The molecular weight excluding hydrogens is 274 g/mol. The van der Waals surface area contributed by atoms with Gasteiger partial charge in [0, 0.05) is 18.6 Å². The second-order valence-corrected chi connectivity index (χ2v) is 7.01. The number of likely N-dealkylation sites (N-methyl/N-ethyl adjacent to an activating group) is 2. The first-order chi connectivity index (χ1) is 10.5. The molecule has 130 valence electrons. The zero-order valence-corrected chi connectivity index (χ0v) is 15.3. The Kier molecular flexibility index (Phi) is 9.68. The lowest BCUT2D eigenvalue weighted by Gasteiger charge is -2.37. The number of piperidine rings is 1. The summed E-state index contributed by atoms with van der Waals surface area (Å²) >= 11 is 0. The molecule has 2 N–H and O–H groups in total. The van der Waals surface area contributed by atoms with E-state index >= 15 is 0 Å². The SMILES string of the molecule is CCN1CCCC(N(C)CN/C=N\CNC(C)CC(C)C)C1. The van der Waals surface area contributed by atoms with Crippen molar-refractivity contribution in [2.24, 2.45) is 10.9 Å². The third-order valence-electron chi connectivity index (χ3n) is 4.43. The number of nitrogens with zero attached hydrogens (tertiary/aromatic N) is 3. The number of rotatable bonds is 10. The number of hydrogen-bond acceptors (Lipinski definition) is 4. The molecule has 1 heterocycles. The largest absolute Gasteiger partial charge is 0.364 e. The zero-order valence-electron chi connectivity index (χ0n) is 15.3. The third kappa shape index (κ3) is 8.11. The molecule has 5 nitrogen and oxygen atoms in total. The predicted octanol–water partition coefficient (Wildman–Crippen LogP) is 1.96. The zero-order chi connectivity index (χ0) is 16.4. The van der Waals surface area contributed by atoms with Crippen LogP contribution in [0.4, 0.5) is 0 Å². The first-order valence-corrected chi connectivity index (χ1v) is 8.90. The van der Waals surface area contributed by atoms with Crippen molar-refractivity contribution in [1.29, 1.82) is 0 Å². The molecule has 0 amide bonds. The number of hydrogen-bond donors (Lipinski definition) is 2. The van der Waals surface area contributed by atoms with Crippen LogP contribution >= 0.6 is 0 Å². The highest BCUT2D eigenvalue weighted by Gasteiger charge is 2.21. The summed E-state index contributed by atoms with van der Waals surface area (Å²) in [4.78, 5) is 9.33. The first kappa shape index (κ1) is 19.4. The maximum atomic E-state index is 4.38. The normalized spacial score (nSPS) is 21.9. The van der Waals surface area contributed by atoms with E-state index in [1.165, 1.54) is 38.9 Å². The van der Waals surface area contributed by atoms with Crippen LogP contribution < -0.4 is 10.6 Å². The fourth-order valence-corrected chi connectivity index (χ4v) is 3.10. The summed E-state index contributed by atoms with van der Waals surface area (Å²) in [6, 6.07) is 1.20. The number of aliphatic imine (C=N–C) groups is 1. The van der Waals surface area contributed by atoms with Crippen LogP contribution in [0, 0.1) is 5.92 Å². The van der Waals surface area contributed by atoms with Gasteiger partial charge in [-0.1, -0.05) is 20.8 Å². The quantitative estimate of drug-likeness (QED) is 0.368. The maximum absolute atomic E-state index is 4.38. The Balaban J connectivity index is 2.11. The van der Waals surface area contributed by atoms with E-state index < -0.39 is 0 Å². The maximum Gasteiger partial charge on any atom is 0.0903 e. The van der Waals surface area contributed by atoms with E-state index in [2.05, 4.69) is 60.2 Å². The van der Waals surface area contributed by atoms with Gasteiger partial charge in [-0.15, -0.1) is 0 Å². The van der Waals surface area contributed by atoms with Gasteiger partial charge in [-0.05, 0) is 52.2 Å². The summed E-state index contributed by atoms with van der Waals surface area (Å²) in [5.74, 6) is 0.733. The minimum absolute atomic E-state index is 0.530. The Morgan fingerprint density at radius 3 is 2.82 bits per heavy atom. The van der Waals surface area contributed by atoms with E-state index in [0.29, 0.717) is 18.8 Å². The third-order valence-corrected chi connectivity index (χ3v) is 4.43. The second kappa shape index (κ2) is 11.0. The van der Waals surface area contributed by atoms with Crippen molar-refractivity contribution in [1.82, 2.24) is 20.4 Å². The molecule has 22 heavy (non-hydrogen) atoms. The minimum atomic E-state index is 0.530. The molecule has 1 fully saturated rings. The molecule has 0 aromatic carbocycles. The molecule has 0 aromatic rings. The van der Waals surface area contributed by atoms with Gasteiger partial charge in [-0.25, -0.2) is 0 Å². The van der Waals surface area contributed by atoms with Crippen molar-refractivity contribution in [2.75, 3.05) is 40.0 Å². The lowest BCUT2D eigenvalue weighted by molar-refractivity contribution is 0.119. The van der Waals surface area contributed by atoms with E-state index in [9.17, 15) is 0 Å². The predicted molar refractivity (Wildman–Crippen MR) is 96.3 cm³/mol. The molecule has 1 rings (SSSR count). The van der Waals surface area contributed by atoms with E-state index in [0.717, 1.165) is 12.6 Å². The second-order valence-electron chi connectivity index (χ2n) is 7.01. The Hall–Kier alpha value is -0.650. The van der Waals surface area contributed by atoms with Gasteiger partial charge in [0.1, 0.15) is 0 Å². The Labute approximate surface area is 137 Å². The molecule has 1 aliphatic heterocycles. The van der Waals surface area contributed by atoms with Gasteiger partial charge in [0.25, 0.3) is 0 Å². The van der Waals surface area contributed by atoms with Crippen LogP contribution in [-0.2, 0) is 0 Å². The van der Waals surface area contributed by atoms with E-state index in [1.54, 1.807) is 0 Å². The molecular formula is C17H37N5. The van der Waals surface area contributed by atoms with E-state index in [-0.39, 0.29) is 0 Å². The Bertz CT molecular complexity index is 305. The van der Waals surface area contributed by atoms with Gasteiger partial charge in [0.2, 0.25) is 0 Å². The van der Waals surface area contributed by atoms with Crippen LogP contribution in [0.25, 0.3) is 0 Å². The average molecular weight is 312 g/mol. The van der Waals surface area contributed by atoms with Gasteiger partial charge >= 0.3 is 0 Å². The summed E-state index contributed by atoms with van der Waals surface area (Å²) in [5, 5.41) is 6.73. The van der Waals surface area contributed by atoms with Gasteiger partial charge < -0.3 is 10.2 Å². The fraction of sp³-hybridized carbons (Fsp3) is 0.941. The molecule has 0 radical (unpaired) electrons. The van der Waals surface area contributed by atoms with Crippen LogP contribution in [0.3, 0.4) is 0 Å². The molecule has 5 heteroatoms. The summed E-state index contributed by atoms with van der Waals surface area (Å²) < 4.78 is 0. The van der Waals surface area contributed by atoms with Crippen LogP contribution in [0.2, 0.25) is 0 Å². The highest BCUT2D eigenvalue weighted by molar-refractivity contribution is 5.53. The summed E-state index contributed by atoms with van der Waals surface area (Å²) in [6.45, 7) is 14.2. The molecule has 2 atom stereocenters. The molecule has 0 saturated carbocycles. The van der Waals surface area contributed by atoms with Crippen LogP contribution in [0.5, 0.6) is 0 Å². The van der Waals surface area contributed by atoms with Crippen molar-refractivity contribution in [3.8, 4) is 0 Å². The first-order valence-electron chi connectivity index (χ1n) is 8.90. The van der Waals surface area contributed by atoms with Gasteiger partial charge in [-0.2, -0.15) is 0 Å². The highest BCUT2D eigenvalue weighted by atomic mass is 15.3. The van der Waals surface area contributed by atoms with Crippen molar-refractivity contribution in [2.45, 2.75) is 59.0 Å². The van der Waals surface area contributed by atoms with E-state index in [1.807, 2.05) is 6.34 Å². The minimum Gasteiger partial charge on any atom is -0.364 e. The standard InChI is InChI=1S/C17H37N5/c1-6-22-9-7-8-17(11-22)21(5)14-19-12-18-13-20-16(4)10-15(2)3/h12,15-17,20H,6-11,13-14H2,1-5H3,(H,18,19). The molecule has 1 saturated heterocycles. The van der Waals surface area contributed by atoms with Crippen molar-refractivity contribution in [3.63, 3.8) is 0 Å². The summed E-state index contributed by atoms with van der Waals surface area (Å²) in [5.41, 5.74) is 0. The number of likely N-dealkylation sites (tertiary alicyclic amines) is 1. The molecule has 0 bridgehead atoms. The average Bonchev–Trinajstić information content (AvgIpc) is 2.49. The highest BCUT2D eigenvalue weighted by Crippen LogP contribution is 2.13. The monoisotopic (exact) mass is 311 g/mol. The van der Waals surface area contributed by atoms with Crippen LogP contribution in [0.1, 0.15) is 47.0 Å². The molecule has 1 aliphatic rings. The topological polar surface area (TPSA) is 42.9 Å². The van der Waals surface area contributed by atoms with Crippen molar-refractivity contribution in [3.05, 3.63) is 0 Å². The van der Waals surface area contributed by atoms with Gasteiger partial charge in [-0.3, -0.25) is 15.2 Å². The summed E-state index contributed by atoms with van der Waals surface area (Å²) in [6.07, 6.45) is 5.65. The van der Waals surface area contributed by atoms with Gasteiger partial charge in [0.05, 0.1) is 19.7 Å². The molecule has 0 spiro atoms. The lowest BCUT2D eigenvalue weighted by atomic mass is 10.1. The van der Waals surface area contributed by atoms with Crippen LogP contribution in [0.15, 0.2) is 4.99 Å². The molecule has 0 aliphatic carbocycles. The lowest BCUT2D eigenvalue weighted by Crippen LogP contribution is -2.48. The Morgan fingerprint density at radius 1 is 1.36 bits per heavy atom. The fourth-order valence-electron chi connectivity index (χ4n) is 3.10. The number of nitrogens with one attached hydrogen (secondary N) is 2. The molecule has 0 aromatic heterocycles. The molecule has 2 unspecified atom stereocenters. The van der Waals surface area contributed by atoms with Gasteiger partial charge in [0.15, 0.2) is 0 Å².